The zero-order valence-electron chi connectivity index (χ0n) is 7.71. The van der Waals surface area contributed by atoms with E-state index in [2.05, 4.69) is 16.4 Å². The van der Waals surface area contributed by atoms with Crippen LogP contribution in [-0.4, -0.2) is 36.2 Å². The van der Waals surface area contributed by atoms with Gasteiger partial charge < -0.3 is 20.9 Å². The second kappa shape index (κ2) is 11.6. The van der Waals surface area contributed by atoms with Crippen molar-refractivity contribution in [2.45, 2.75) is 0 Å². The first-order valence-corrected chi connectivity index (χ1v) is 4.21. The third kappa shape index (κ3) is 7.91. The molecule has 2 amide bonds. The molecular weight excluding hydrogens is 214 g/mol. The molecule has 0 aliphatic carbocycles. The van der Waals surface area contributed by atoms with Gasteiger partial charge in [0.15, 0.2) is 0 Å². The van der Waals surface area contributed by atoms with Gasteiger partial charge in [0, 0.05) is 14.1 Å². The van der Waals surface area contributed by atoms with Gasteiger partial charge in [-0.15, -0.1) is 0 Å². The zero-order chi connectivity index (χ0) is 10.1. The number of nitrogens with two attached hydrogens (primary N) is 1. The highest BCUT2D eigenvalue weighted by Gasteiger charge is 2.26. The Bertz CT molecular complexity index is 140. The van der Waals surface area contributed by atoms with Gasteiger partial charge in [-0.05, 0) is 7.05 Å². The lowest BCUT2D eigenvalue weighted by Gasteiger charge is -2.02. The number of amides is 2. The van der Waals surface area contributed by atoms with Crippen LogP contribution in [0.3, 0.4) is 0 Å². The largest absolute Gasteiger partial charge is 0.599 e. The maximum Gasteiger partial charge on any atom is 0.437 e. The van der Waals surface area contributed by atoms with Crippen molar-refractivity contribution in [3.8, 4) is 0 Å². The summed E-state index contributed by atoms with van der Waals surface area (Å²) in [6.07, 6.45) is 0. The molecule has 0 radical (unpaired) electrons. The van der Waals surface area contributed by atoms with Crippen LogP contribution in [0.25, 0.3) is 0 Å². The standard InChI is InChI=1S/C4H8N2O3S.CH5N.H2S/c1-5-3(7)10(9)4(8)6-2;1-2;/h1-2H3,(H,5,7)(H,6,8);2H2,1H3;1H2. The summed E-state index contributed by atoms with van der Waals surface area (Å²) < 4.78 is 10.6. The van der Waals surface area contributed by atoms with E-state index in [0.29, 0.717) is 0 Å². The van der Waals surface area contributed by atoms with Crippen molar-refractivity contribution in [1.82, 2.24) is 10.6 Å². The molecule has 0 bridgehead atoms. The predicted octanol–water partition coefficient (Wildman–Crippen LogP) is -0.898. The van der Waals surface area contributed by atoms with Crippen LogP contribution in [0.5, 0.6) is 0 Å². The molecule has 0 aromatic carbocycles. The Kier molecular flexibility index (Phi) is 16.3. The summed E-state index contributed by atoms with van der Waals surface area (Å²) in [4.78, 5) is 20.9. The van der Waals surface area contributed by atoms with Crippen LogP contribution < -0.4 is 16.4 Å². The Morgan fingerprint density at radius 1 is 1.15 bits per heavy atom. The number of carbonyl (C=O) groups is 2. The third-order valence-corrected chi connectivity index (χ3v) is 1.83. The Labute approximate surface area is 87.3 Å². The quantitative estimate of drug-likeness (QED) is 0.468. The molecule has 0 heterocycles. The van der Waals surface area contributed by atoms with E-state index in [1.54, 1.807) is 0 Å². The Balaban J connectivity index is -0.000000309. The molecule has 80 valence electrons. The Morgan fingerprint density at radius 2 is 1.38 bits per heavy atom. The van der Waals surface area contributed by atoms with Crippen molar-refractivity contribution in [3.63, 3.8) is 0 Å². The number of hydrogen-bond acceptors (Lipinski definition) is 4. The Hall–Kier alpha value is -0.440. The molecule has 0 aliphatic heterocycles. The smallest absolute Gasteiger partial charge is 0.437 e. The first kappa shape index (κ1) is 18.4. The van der Waals surface area contributed by atoms with Crippen molar-refractivity contribution in [2.75, 3.05) is 21.1 Å². The molecule has 0 aromatic rings. The molecule has 0 aliphatic rings. The van der Waals surface area contributed by atoms with Gasteiger partial charge in [0.25, 0.3) is 0 Å². The Morgan fingerprint density at radius 3 is 1.54 bits per heavy atom. The summed E-state index contributed by atoms with van der Waals surface area (Å²) in [5.74, 6) is 0. The molecule has 0 saturated carbocycles. The van der Waals surface area contributed by atoms with Gasteiger partial charge in [0.2, 0.25) is 0 Å². The second-order valence-corrected chi connectivity index (χ2v) is 2.62. The summed E-state index contributed by atoms with van der Waals surface area (Å²) in [6, 6.07) is 0. The number of rotatable bonds is 0. The molecule has 8 heteroatoms. The van der Waals surface area contributed by atoms with E-state index in [-0.39, 0.29) is 13.5 Å². The zero-order valence-corrected chi connectivity index (χ0v) is 9.53. The summed E-state index contributed by atoms with van der Waals surface area (Å²) in [5.41, 5.74) is 4.50. The summed E-state index contributed by atoms with van der Waals surface area (Å²) >= 11 is -2.11. The van der Waals surface area contributed by atoms with Crippen molar-refractivity contribution in [1.29, 1.82) is 0 Å². The van der Waals surface area contributed by atoms with E-state index in [0.717, 1.165) is 0 Å². The van der Waals surface area contributed by atoms with Crippen molar-refractivity contribution < 1.29 is 14.1 Å². The van der Waals surface area contributed by atoms with E-state index in [9.17, 15) is 14.1 Å². The number of hydrogen-bond donors (Lipinski definition) is 3. The molecule has 13 heavy (non-hydrogen) atoms. The van der Waals surface area contributed by atoms with E-state index >= 15 is 0 Å². The first-order chi connectivity index (χ1) is 5.63. The molecule has 0 fully saturated rings. The monoisotopic (exact) mass is 229 g/mol. The highest BCUT2D eigenvalue weighted by Crippen LogP contribution is 1.91. The molecule has 6 nitrogen and oxygen atoms in total. The van der Waals surface area contributed by atoms with Crippen LogP contribution in [0.1, 0.15) is 0 Å². The lowest BCUT2D eigenvalue weighted by atomic mass is 11.2. The van der Waals surface area contributed by atoms with Crippen molar-refractivity contribution in [2.24, 2.45) is 5.73 Å². The fourth-order valence-corrected chi connectivity index (χ4v) is 0.809. The van der Waals surface area contributed by atoms with Crippen molar-refractivity contribution >= 4 is 35.1 Å². The van der Waals surface area contributed by atoms with Crippen LogP contribution in [0.2, 0.25) is 0 Å². The fourth-order valence-electron chi connectivity index (χ4n) is 0.270. The fraction of sp³-hybridized carbons (Fsp3) is 0.600. The van der Waals surface area contributed by atoms with Crippen molar-refractivity contribution in [3.05, 3.63) is 0 Å². The van der Waals surface area contributed by atoms with Gasteiger partial charge in [-0.1, -0.05) is 0 Å². The summed E-state index contributed by atoms with van der Waals surface area (Å²) in [5, 5.41) is 2.58. The topological polar surface area (TPSA) is 107 Å². The highest BCUT2D eigenvalue weighted by atomic mass is 32.2. The lowest BCUT2D eigenvalue weighted by molar-refractivity contribution is 0.255. The van der Waals surface area contributed by atoms with E-state index in [1.165, 1.54) is 21.1 Å². The molecule has 0 rings (SSSR count). The average molecular weight is 229 g/mol. The van der Waals surface area contributed by atoms with Gasteiger partial charge in [-0.2, -0.15) is 13.5 Å². The minimum Gasteiger partial charge on any atom is -0.599 e. The van der Waals surface area contributed by atoms with Crippen LogP contribution in [0.4, 0.5) is 9.59 Å². The van der Waals surface area contributed by atoms with Crippen LogP contribution in [0.15, 0.2) is 0 Å². The molecule has 0 saturated heterocycles. The minimum absolute atomic E-state index is 0. The molecule has 0 atom stereocenters. The molecule has 0 spiro atoms. The van der Waals surface area contributed by atoms with E-state index in [1.807, 2.05) is 0 Å². The molecular formula is C5H15N3O3S2. The van der Waals surface area contributed by atoms with Gasteiger partial charge in [-0.25, -0.2) is 9.59 Å². The minimum atomic E-state index is -2.11. The predicted molar refractivity (Wildman–Crippen MR) is 57.5 cm³/mol. The molecule has 4 N–H and O–H groups in total. The SMILES string of the molecule is CN.CNC(=O)[S+]([O-])C(=O)NC.S. The maximum atomic E-state index is 10.6. The highest BCUT2D eigenvalue weighted by molar-refractivity contribution is 8.18. The second-order valence-electron chi connectivity index (χ2n) is 1.34. The number of nitrogens with one attached hydrogen (secondary N) is 2. The number of carbonyl (C=O) groups excluding carboxylic acids is 2. The van der Waals surface area contributed by atoms with Crippen LogP contribution >= 0.6 is 13.5 Å². The van der Waals surface area contributed by atoms with E-state index < -0.39 is 21.7 Å². The van der Waals surface area contributed by atoms with Crippen LogP contribution in [-0.2, 0) is 11.2 Å². The lowest BCUT2D eigenvalue weighted by Crippen LogP contribution is -2.36. The van der Waals surface area contributed by atoms with Crippen LogP contribution in [0, 0.1) is 0 Å². The summed E-state index contributed by atoms with van der Waals surface area (Å²) in [7, 11) is 4.12. The molecule has 0 aromatic heterocycles. The average Bonchev–Trinajstić information content (AvgIpc) is 2.17. The van der Waals surface area contributed by atoms with Gasteiger partial charge in [0.1, 0.15) is 11.2 Å². The molecule has 0 unspecified atom stereocenters. The first-order valence-electron chi connectivity index (χ1n) is 3.06. The summed E-state index contributed by atoms with van der Waals surface area (Å²) in [6.45, 7) is 0. The maximum absolute atomic E-state index is 10.6. The third-order valence-electron chi connectivity index (χ3n) is 0.745. The van der Waals surface area contributed by atoms with Gasteiger partial charge >= 0.3 is 10.5 Å². The van der Waals surface area contributed by atoms with E-state index in [4.69, 9.17) is 0 Å². The van der Waals surface area contributed by atoms with Gasteiger partial charge in [-0.3, -0.25) is 0 Å². The normalized spacial score (nSPS) is 7.54. The van der Waals surface area contributed by atoms with Gasteiger partial charge in [0.05, 0.1) is 0 Å².